The molecular weight excluding hydrogens is 122 g/mol. The number of hydrogen-bond acceptors (Lipinski definition) is 1. The maximum Gasteiger partial charge on any atom is 0.0431 e. The normalized spacial score (nSPS) is 55.4. The van der Waals surface area contributed by atoms with E-state index >= 15 is 0 Å². The minimum Gasteiger partial charge on any atom is -0.303 e. The Morgan fingerprint density at radius 3 is 3.20 bits per heavy atom. The van der Waals surface area contributed by atoms with E-state index in [4.69, 9.17) is 6.85 Å². The molecule has 1 aliphatic heterocycles. The van der Waals surface area contributed by atoms with Crippen molar-refractivity contribution < 1.29 is 6.85 Å². The molecular formula is C9H17N. The highest BCUT2D eigenvalue weighted by Gasteiger charge is 2.32. The summed E-state index contributed by atoms with van der Waals surface area (Å²) in [5.74, 6) is 0.245. The average molecular weight is 144 g/mol. The lowest BCUT2D eigenvalue weighted by atomic mass is 9.85. The molecule has 0 N–H and O–H groups in total. The summed E-state index contributed by atoms with van der Waals surface area (Å²) in [5, 5.41) is 0. The third kappa shape index (κ3) is 0.968. The zero-order valence-corrected chi connectivity index (χ0v) is 6.14. The predicted molar refractivity (Wildman–Crippen MR) is 43.0 cm³/mol. The third-order valence-corrected chi connectivity index (χ3v) is 2.72. The summed E-state index contributed by atoms with van der Waals surface area (Å²) in [7, 11) is 0. The van der Waals surface area contributed by atoms with E-state index in [1.807, 2.05) is 0 Å². The van der Waals surface area contributed by atoms with Gasteiger partial charge in [-0.15, -0.1) is 0 Å². The molecule has 1 saturated heterocycles. The van der Waals surface area contributed by atoms with Gasteiger partial charge in [0.1, 0.15) is 0 Å². The zero-order valence-electron chi connectivity index (χ0n) is 11.1. The SMILES string of the molecule is [2H]C([2H])([2H])N1[C@@H]2CCCC[C@@H]2CC1([2H])[2H]. The van der Waals surface area contributed by atoms with Crippen molar-refractivity contribution in [1.29, 1.82) is 0 Å². The van der Waals surface area contributed by atoms with E-state index in [0.29, 0.717) is 6.42 Å². The van der Waals surface area contributed by atoms with Crippen LogP contribution in [0.15, 0.2) is 0 Å². The Morgan fingerprint density at radius 2 is 2.30 bits per heavy atom. The van der Waals surface area contributed by atoms with Crippen LogP contribution in [0.25, 0.3) is 0 Å². The molecule has 0 spiro atoms. The summed E-state index contributed by atoms with van der Waals surface area (Å²) in [6, 6.07) is -0.0683. The topological polar surface area (TPSA) is 3.24 Å². The van der Waals surface area contributed by atoms with Gasteiger partial charge in [-0.25, -0.2) is 0 Å². The molecule has 2 fully saturated rings. The highest BCUT2D eigenvalue weighted by Crippen LogP contribution is 2.34. The van der Waals surface area contributed by atoms with Crippen molar-refractivity contribution >= 4 is 0 Å². The van der Waals surface area contributed by atoms with Gasteiger partial charge in [-0.05, 0) is 38.7 Å². The molecule has 2 rings (SSSR count). The smallest absolute Gasteiger partial charge is 0.0431 e. The molecule has 0 amide bonds. The molecule has 0 unspecified atom stereocenters. The highest BCUT2D eigenvalue weighted by atomic mass is 15.2. The second-order valence-corrected chi connectivity index (χ2v) is 3.34. The Morgan fingerprint density at radius 1 is 1.40 bits per heavy atom. The van der Waals surface area contributed by atoms with Crippen molar-refractivity contribution in [3.05, 3.63) is 0 Å². The van der Waals surface area contributed by atoms with Crippen LogP contribution in [0, 0.1) is 5.92 Å². The summed E-state index contributed by atoms with van der Waals surface area (Å²) >= 11 is 0. The van der Waals surface area contributed by atoms with Crippen molar-refractivity contribution in [2.75, 3.05) is 13.5 Å². The highest BCUT2D eigenvalue weighted by molar-refractivity contribution is 4.87. The molecule has 10 heavy (non-hydrogen) atoms. The van der Waals surface area contributed by atoms with E-state index < -0.39 is 13.5 Å². The summed E-state index contributed by atoms with van der Waals surface area (Å²) in [5.41, 5.74) is 0. The fraction of sp³-hybridized carbons (Fsp3) is 1.00. The maximum absolute atomic E-state index is 7.83. The molecule has 2 aliphatic rings. The minimum atomic E-state index is -2.29. The first kappa shape index (κ1) is 3.14. The van der Waals surface area contributed by atoms with Crippen molar-refractivity contribution in [3.8, 4) is 0 Å². The zero-order chi connectivity index (χ0) is 11.3. The van der Waals surface area contributed by atoms with Crippen LogP contribution in [-0.2, 0) is 0 Å². The van der Waals surface area contributed by atoms with E-state index in [0.717, 1.165) is 30.6 Å². The molecule has 0 aromatic carbocycles. The van der Waals surface area contributed by atoms with E-state index in [1.165, 1.54) is 0 Å². The van der Waals surface area contributed by atoms with Crippen molar-refractivity contribution in [3.63, 3.8) is 0 Å². The molecule has 58 valence electrons. The first-order valence-electron chi connectivity index (χ1n) is 6.62. The standard InChI is InChI=1S/C9H17N/c1-10-7-6-8-4-2-3-5-9(8)10/h8-9H,2-7H2,1H3/t8-,9-/m1/s1/i1D3,7D2. The van der Waals surface area contributed by atoms with Crippen LogP contribution in [0.2, 0.25) is 0 Å². The average Bonchev–Trinajstić information content (AvgIpc) is 2.32. The molecule has 0 bridgehead atoms. The monoisotopic (exact) mass is 144 g/mol. The molecule has 1 heterocycles. The van der Waals surface area contributed by atoms with Gasteiger partial charge in [0.15, 0.2) is 0 Å². The molecule has 1 aliphatic carbocycles. The van der Waals surface area contributed by atoms with E-state index in [2.05, 4.69) is 0 Å². The van der Waals surface area contributed by atoms with Crippen LogP contribution in [0.5, 0.6) is 0 Å². The largest absolute Gasteiger partial charge is 0.303 e. The second kappa shape index (κ2) is 2.54. The van der Waals surface area contributed by atoms with Gasteiger partial charge in [0.25, 0.3) is 0 Å². The van der Waals surface area contributed by atoms with Crippen LogP contribution in [0.1, 0.15) is 39.0 Å². The van der Waals surface area contributed by atoms with Crippen molar-refractivity contribution in [2.45, 2.75) is 38.1 Å². The Kier molecular flexibility index (Phi) is 0.796. The quantitative estimate of drug-likeness (QED) is 0.502. The number of rotatable bonds is 0. The molecule has 0 aromatic heterocycles. The van der Waals surface area contributed by atoms with Crippen LogP contribution < -0.4 is 0 Å². The molecule has 1 nitrogen and oxygen atoms in total. The van der Waals surface area contributed by atoms with Crippen molar-refractivity contribution in [1.82, 2.24) is 4.90 Å². The van der Waals surface area contributed by atoms with Crippen LogP contribution in [-0.4, -0.2) is 24.4 Å². The Labute approximate surface area is 70.4 Å². The van der Waals surface area contributed by atoms with Crippen LogP contribution in [0.3, 0.4) is 0 Å². The van der Waals surface area contributed by atoms with Gasteiger partial charge in [0.2, 0.25) is 0 Å². The van der Waals surface area contributed by atoms with Crippen molar-refractivity contribution in [2.24, 2.45) is 5.92 Å². The summed E-state index contributed by atoms with van der Waals surface area (Å²) in [6.45, 7) is -3.94. The lowest BCUT2D eigenvalue weighted by Crippen LogP contribution is -2.31. The second-order valence-electron chi connectivity index (χ2n) is 3.34. The van der Waals surface area contributed by atoms with Gasteiger partial charge in [-0.3, -0.25) is 0 Å². The molecule has 0 radical (unpaired) electrons. The van der Waals surface area contributed by atoms with Gasteiger partial charge in [0.05, 0.1) is 0 Å². The molecule has 1 heteroatoms. The van der Waals surface area contributed by atoms with Gasteiger partial charge in [-0.2, -0.15) is 0 Å². The number of likely N-dealkylation sites (tertiary alicyclic amines) is 1. The Bertz CT molecular complexity index is 249. The maximum atomic E-state index is 7.83. The summed E-state index contributed by atoms with van der Waals surface area (Å²) in [4.78, 5) is 1.14. The lowest BCUT2D eigenvalue weighted by Gasteiger charge is -2.28. The summed E-state index contributed by atoms with van der Waals surface area (Å²) < 4.78 is 37.9. The summed E-state index contributed by atoms with van der Waals surface area (Å²) in [6.07, 6.45) is 4.35. The van der Waals surface area contributed by atoms with E-state index in [1.54, 1.807) is 0 Å². The number of hydrogen-bond donors (Lipinski definition) is 0. The number of fused-ring (bicyclic) bond motifs is 1. The van der Waals surface area contributed by atoms with Gasteiger partial charge >= 0.3 is 0 Å². The lowest BCUT2D eigenvalue weighted by molar-refractivity contribution is 0.215. The van der Waals surface area contributed by atoms with E-state index in [-0.39, 0.29) is 12.0 Å². The predicted octanol–water partition coefficient (Wildman–Crippen LogP) is 1.88. The first-order chi connectivity index (χ1) is 6.82. The third-order valence-electron chi connectivity index (χ3n) is 2.72. The van der Waals surface area contributed by atoms with Gasteiger partial charge < -0.3 is 4.90 Å². The van der Waals surface area contributed by atoms with E-state index in [9.17, 15) is 0 Å². The first-order valence-corrected chi connectivity index (χ1v) is 4.12. The van der Waals surface area contributed by atoms with Gasteiger partial charge in [-0.1, -0.05) is 12.8 Å². The minimum absolute atomic E-state index is 0.0683. The Balaban J connectivity index is 2.26. The fourth-order valence-electron chi connectivity index (χ4n) is 2.10. The fourth-order valence-corrected chi connectivity index (χ4v) is 2.10. The molecule has 0 aromatic rings. The van der Waals surface area contributed by atoms with Crippen LogP contribution in [0.4, 0.5) is 0 Å². The molecule has 2 atom stereocenters. The van der Waals surface area contributed by atoms with Gasteiger partial charge in [0, 0.05) is 12.9 Å². The number of nitrogens with zero attached hydrogens (tertiary/aromatic N) is 1. The molecule has 1 saturated carbocycles. The Hall–Kier alpha value is -0.0400. The van der Waals surface area contributed by atoms with Crippen LogP contribution >= 0.6 is 0 Å².